The van der Waals surface area contributed by atoms with Gasteiger partial charge in [0.1, 0.15) is 5.69 Å². The summed E-state index contributed by atoms with van der Waals surface area (Å²) in [6.45, 7) is 4.73. The average molecular weight is 263 g/mol. The highest BCUT2D eigenvalue weighted by Gasteiger charge is 2.39. The molecule has 106 valence electrons. The second-order valence-corrected chi connectivity index (χ2v) is 6.06. The topological polar surface area (TPSA) is 47.0 Å². The lowest BCUT2D eigenvalue weighted by atomic mass is 9.65. The van der Waals surface area contributed by atoms with Gasteiger partial charge in [0.2, 0.25) is 5.88 Å². The van der Waals surface area contributed by atoms with Crippen LogP contribution in [-0.4, -0.2) is 24.1 Å². The molecule has 0 radical (unpaired) electrons. The van der Waals surface area contributed by atoms with Gasteiger partial charge in [0.05, 0.1) is 13.2 Å². The van der Waals surface area contributed by atoms with Crippen molar-refractivity contribution in [3.05, 3.63) is 18.1 Å². The molecular weight excluding hydrogens is 238 g/mol. The minimum atomic E-state index is 0.207. The third-order valence-corrected chi connectivity index (χ3v) is 4.48. The summed E-state index contributed by atoms with van der Waals surface area (Å²) in [6.07, 6.45) is 8.57. The summed E-state index contributed by atoms with van der Waals surface area (Å²) >= 11 is 0. The molecule has 0 aromatic carbocycles. The van der Waals surface area contributed by atoms with Crippen molar-refractivity contribution >= 4 is 0 Å². The lowest BCUT2D eigenvalue weighted by Gasteiger charge is -2.43. The zero-order valence-corrected chi connectivity index (χ0v) is 12.4. The van der Waals surface area contributed by atoms with E-state index >= 15 is 0 Å². The summed E-state index contributed by atoms with van der Waals surface area (Å²) in [7, 11) is 3.66. The van der Waals surface area contributed by atoms with Crippen LogP contribution in [0.25, 0.3) is 0 Å². The third kappa shape index (κ3) is 2.89. The summed E-state index contributed by atoms with van der Waals surface area (Å²) in [5.41, 5.74) is 1.27. The Bertz CT molecular complexity index is 420. The highest BCUT2D eigenvalue weighted by atomic mass is 16.5. The molecule has 1 aromatic heterocycles. The molecule has 1 aliphatic carbocycles. The van der Waals surface area contributed by atoms with Crippen LogP contribution in [0.2, 0.25) is 0 Å². The van der Waals surface area contributed by atoms with Gasteiger partial charge in [-0.1, -0.05) is 26.7 Å². The van der Waals surface area contributed by atoms with Crippen LogP contribution in [0.15, 0.2) is 12.4 Å². The monoisotopic (exact) mass is 263 g/mol. The molecule has 4 heteroatoms. The fourth-order valence-corrected chi connectivity index (χ4v) is 3.37. The number of rotatable bonds is 4. The van der Waals surface area contributed by atoms with Crippen LogP contribution in [0, 0.1) is 11.3 Å². The molecule has 0 spiro atoms. The molecule has 1 aromatic rings. The van der Waals surface area contributed by atoms with Crippen LogP contribution in [0.1, 0.15) is 51.3 Å². The molecule has 2 atom stereocenters. The van der Waals surface area contributed by atoms with Crippen molar-refractivity contribution in [1.29, 1.82) is 0 Å². The molecule has 0 amide bonds. The Hall–Kier alpha value is -1.16. The van der Waals surface area contributed by atoms with E-state index in [1.54, 1.807) is 19.5 Å². The van der Waals surface area contributed by atoms with E-state index in [1.165, 1.54) is 25.7 Å². The van der Waals surface area contributed by atoms with E-state index in [0.29, 0.717) is 17.2 Å². The lowest BCUT2D eigenvalue weighted by molar-refractivity contribution is 0.0982. The van der Waals surface area contributed by atoms with Crippen LogP contribution >= 0.6 is 0 Å². The van der Waals surface area contributed by atoms with Gasteiger partial charge in [0.15, 0.2) is 0 Å². The van der Waals surface area contributed by atoms with Gasteiger partial charge in [0.25, 0.3) is 0 Å². The van der Waals surface area contributed by atoms with Crippen molar-refractivity contribution in [2.75, 3.05) is 14.2 Å². The Kier molecular flexibility index (Phi) is 4.40. The summed E-state index contributed by atoms with van der Waals surface area (Å²) < 4.78 is 5.37. The Morgan fingerprint density at radius 2 is 2.05 bits per heavy atom. The highest BCUT2D eigenvalue weighted by molar-refractivity contribution is 5.22. The summed E-state index contributed by atoms with van der Waals surface area (Å²) in [5, 5.41) is 3.44. The number of aromatic nitrogens is 2. The number of hydrogen-bond acceptors (Lipinski definition) is 4. The summed E-state index contributed by atoms with van der Waals surface area (Å²) in [4.78, 5) is 8.80. The van der Waals surface area contributed by atoms with Gasteiger partial charge in [-0.3, -0.25) is 4.98 Å². The van der Waals surface area contributed by atoms with E-state index in [-0.39, 0.29) is 6.04 Å². The van der Waals surface area contributed by atoms with Gasteiger partial charge in [-0.2, -0.15) is 0 Å². The van der Waals surface area contributed by atoms with Crippen molar-refractivity contribution in [2.24, 2.45) is 11.3 Å². The van der Waals surface area contributed by atoms with Crippen LogP contribution in [-0.2, 0) is 0 Å². The molecule has 1 N–H and O–H groups in total. The summed E-state index contributed by atoms with van der Waals surface area (Å²) in [5.74, 6) is 1.21. The zero-order chi connectivity index (χ0) is 13.9. The molecule has 1 heterocycles. The molecule has 2 rings (SSSR count). The van der Waals surface area contributed by atoms with Crippen LogP contribution in [0.5, 0.6) is 5.88 Å². The molecular formula is C15H25N3O. The Balaban J connectivity index is 2.33. The number of hydrogen-bond donors (Lipinski definition) is 1. The molecule has 2 unspecified atom stereocenters. The smallest absolute Gasteiger partial charge is 0.237 e. The highest BCUT2D eigenvalue weighted by Crippen LogP contribution is 2.47. The molecule has 1 saturated carbocycles. The number of ether oxygens (including phenoxy) is 1. The van der Waals surface area contributed by atoms with E-state index in [0.717, 1.165) is 5.69 Å². The van der Waals surface area contributed by atoms with E-state index in [1.807, 2.05) is 7.05 Å². The Morgan fingerprint density at radius 3 is 2.68 bits per heavy atom. The van der Waals surface area contributed by atoms with Crippen molar-refractivity contribution in [1.82, 2.24) is 15.3 Å². The third-order valence-electron chi connectivity index (χ3n) is 4.48. The molecule has 1 fully saturated rings. The van der Waals surface area contributed by atoms with Crippen LogP contribution < -0.4 is 10.1 Å². The van der Waals surface area contributed by atoms with Crippen molar-refractivity contribution in [3.63, 3.8) is 0 Å². The second kappa shape index (κ2) is 5.87. The standard InChI is InChI=1S/C15H25N3O/c1-15(2)8-6-5-7-11(15)12(16-3)13-14(19-4)18-10-9-17-13/h9-12,16H,5-8H2,1-4H3. The largest absolute Gasteiger partial charge is 0.480 e. The van der Waals surface area contributed by atoms with Gasteiger partial charge in [-0.05, 0) is 31.2 Å². The number of methoxy groups -OCH3 is 1. The maximum atomic E-state index is 5.37. The first-order valence-electron chi connectivity index (χ1n) is 7.12. The van der Waals surface area contributed by atoms with Crippen molar-refractivity contribution in [3.8, 4) is 5.88 Å². The molecule has 1 aliphatic rings. The molecule has 19 heavy (non-hydrogen) atoms. The van der Waals surface area contributed by atoms with Crippen LogP contribution in [0.4, 0.5) is 0 Å². The molecule has 0 saturated heterocycles. The van der Waals surface area contributed by atoms with Crippen molar-refractivity contribution in [2.45, 2.75) is 45.6 Å². The second-order valence-electron chi connectivity index (χ2n) is 6.06. The Morgan fingerprint density at radius 1 is 1.32 bits per heavy atom. The van der Waals surface area contributed by atoms with Crippen molar-refractivity contribution < 1.29 is 4.74 Å². The maximum Gasteiger partial charge on any atom is 0.237 e. The first kappa shape index (κ1) is 14.3. The molecule has 4 nitrogen and oxygen atoms in total. The van der Waals surface area contributed by atoms with E-state index in [2.05, 4.69) is 29.1 Å². The van der Waals surface area contributed by atoms with Gasteiger partial charge in [0, 0.05) is 12.4 Å². The SMILES string of the molecule is CNC(c1nccnc1OC)C1CCCCC1(C)C. The number of nitrogens with zero attached hydrogens (tertiary/aromatic N) is 2. The summed E-state index contributed by atoms with van der Waals surface area (Å²) in [6, 6.07) is 0.207. The zero-order valence-electron chi connectivity index (χ0n) is 12.4. The fraction of sp³-hybridized carbons (Fsp3) is 0.733. The van der Waals surface area contributed by atoms with E-state index < -0.39 is 0 Å². The minimum absolute atomic E-state index is 0.207. The number of nitrogens with one attached hydrogen (secondary N) is 1. The van der Waals surface area contributed by atoms with E-state index in [4.69, 9.17) is 4.74 Å². The Labute approximate surface area is 116 Å². The van der Waals surface area contributed by atoms with Gasteiger partial charge < -0.3 is 10.1 Å². The predicted octanol–water partition coefficient (Wildman–Crippen LogP) is 2.96. The van der Waals surface area contributed by atoms with E-state index in [9.17, 15) is 0 Å². The van der Waals surface area contributed by atoms with Gasteiger partial charge in [-0.25, -0.2) is 4.98 Å². The molecule has 0 aliphatic heterocycles. The van der Waals surface area contributed by atoms with Crippen LogP contribution in [0.3, 0.4) is 0 Å². The fourth-order valence-electron chi connectivity index (χ4n) is 3.37. The normalized spacial score (nSPS) is 23.9. The average Bonchev–Trinajstić information content (AvgIpc) is 2.41. The maximum absolute atomic E-state index is 5.37. The predicted molar refractivity (Wildman–Crippen MR) is 76.1 cm³/mol. The lowest BCUT2D eigenvalue weighted by Crippen LogP contribution is -2.38. The first-order valence-corrected chi connectivity index (χ1v) is 7.12. The quantitative estimate of drug-likeness (QED) is 0.907. The minimum Gasteiger partial charge on any atom is -0.480 e. The van der Waals surface area contributed by atoms with Gasteiger partial charge in [-0.15, -0.1) is 0 Å². The first-order chi connectivity index (χ1) is 9.10. The van der Waals surface area contributed by atoms with Gasteiger partial charge >= 0.3 is 0 Å². The molecule has 0 bridgehead atoms.